The molecule has 1 aromatic heterocycles. The van der Waals surface area contributed by atoms with Crippen molar-refractivity contribution in [3.63, 3.8) is 0 Å². The highest BCUT2D eigenvalue weighted by atomic mass is 35.5. The van der Waals surface area contributed by atoms with E-state index in [1.807, 2.05) is 19.9 Å². The van der Waals surface area contributed by atoms with Gasteiger partial charge >= 0.3 is 5.97 Å². The van der Waals surface area contributed by atoms with Gasteiger partial charge in [0.15, 0.2) is 5.76 Å². The topological polar surface area (TPSA) is 56.5 Å². The molecule has 4 nitrogen and oxygen atoms in total. The number of hydrogen-bond donors (Lipinski definition) is 0. The van der Waals surface area contributed by atoms with Crippen LogP contribution in [0.15, 0.2) is 75.9 Å². The number of carbonyl (C=O) groups excluding carboxylic acids is 1. The standard InChI is InChI=1S/C24H17ClO4/c1-14-12-15(2)20-19(13-14)28-22(17-10-6-7-11-18(17)25)23(21(20)26)29-24(27)16-8-4-3-5-9-16/h3-13H,1-2H3. The van der Waals surface area contributed by atoms with Crippen LogP contribution >= 0.6 is 11.6 Å². The van der Waals surface area contributed by atoms with Crippen LogP contribution < -0.4 is 10.2 Å². The second-order valence-electron chi connectivity index (χ2n) is 6.78. The van der Waals surface area contributed by atoms with Gasteiger partial charge in [-0.15, -0.1) is 0 Å². The second kappa shape index (κ2) is 7.57. The van der Waals surface area contributed by atoms with Gasteiger partial charge in [0, 0.05) is 5.56 Å². The van der Waals surface area contributed by atoms with E-state index in [2.05, 4.69) is 0 Å². The first-order valence-electron chi connectivity index (χ1n) is 9.06. The van der Waals surface area contributed by atoms with Gasteiger partial charge < -0.3 is 9.15 Å². The van der Waals surface area contributed by atoms with Crippen LogP contribution in [-0.2, 0) is 0 Å². The average molecular weight is 405 g/mol. The molecule has 3 aromatic carbocycles. The average Bonchev–Trinajstić information content (AvgIpc) is 2.70. The summed E-state index contributed by atoms with van der Waals surface area (Å²) < 4.78 is 11.6. The number of benzene rings is 3. The first-order valence-corrected chi connectivity index (χ1v) is 9.43. The zero-order chi connectivity index (χ0) is 20.5. The number of carbonyl (C=O) groups is 1. The van der Waals surface area contributed by atoms with E-state index < -0.39 is 11.4 Å². The maximum Gasteiger partial charge on any atom is 0.343 e. The predicted molar refractivity (Wildman–Crippen MR) is 114 cm³/mol. The summed E-state index contributed by atoms with van der Waals surface area (Å²) in [6.07, 6.45) is 0. The Morgan fingerprint density at radius 1 is 0.966 bits per heavy atom. The number of halogens is 1. The molecular formula is C24H17ClO4. The van der Waals surface area contributed by atoms with Gasteiger partial charge in [0.1, 0.15) is 5.58 Å². The molecule has 0 radical (unpaired) electrons. The smallest absolute Gasteiger partial charge is 0.343 e. The highest BCUT2D eigenvalue weighted by Crippen LogP contribution is 2.36. The SMILES string of the molecule is Cc1cc(C)c2c(=O)c(OC(=O)c3ccccc3)c(-c3ccccc3Cl)oc2c1. The molecule has 0 atom stereocenters. The Morgan fingerprint density at radius 2 is 1.66 bits per heavy atom. The fourth-order valence-electron chi connectivity index (χ4n) is 3.31. The molecule has 0 amide bonds. The summed E-state index contributed by atoms with van der Waals surface area (Å²) in [5.74, 6) is -0.691. The van der Waals surface area contributed by atoms with E-state index in [1.165, 1.54) is 0 Å². The number of rotatable bonds is 3. The number of aryl methyl sites for hydroxylation is 2. The molecular weight excluding hydrogens is 388 g/mol. The Hall–Kier alpha value is -3.37. The van der Waals surface area contributed by atoms with E-state index in [1.54, 1.807) is 60.7 Å². The first kappa shape index (κ1) is 19.0. The van der Waals surface area contributed by atoms with Gasteiger partial charge in [-0.25, -0.2) is 4.79 Å². The molecule has 4 rings (SSSR count). The summed E-state index contributed by atoms with van der Waals surface area (Å²) in [7, 11) is 0. The summed E-state index contributed by atoms with van der Waals surface area (Å²) in [5, 5.41) is 0.763. The molecule has 0 unspecified atom stereocenters. The first-order chi connectivity index (χ1) is 14.0. The Morgan fingerprint density at radius 3 is 2.38 bits per heavy atom. The van der Waals surface area contributed by atoms with Crippen LogP contribution in [0.3, 0.4) is 0 Å². The number of ether oxygens (including phenoxy) is 1. The molecule has 0 bridgehead atoms. The second-order valence-corrected chi connectivity index (χ2v) is 7.19. The minimum Gasteiger partial charge on any atom is -0.452 e. The summed E-state index contributed by atoms with van der Waals surface area (Å²) in [6, 6.07) is 19.1. The Kier molecular flexibility index (Phi) is 4.95. The third-order valence-corrected chi connectivity index (χ3v) is 4.95. The van der Waals surface area contributed by atoms with Crippen molar-refractivity contribution in [1.82, 2.24) is 0 Å². The van der Waals surface area contributed by atoms with Crippen LogP contribution in [0.2, 0.25) is 5.02 Å². The maximum absolute atomic E-state index is 13.4. The number of esters is 1. The van der Waals surface area contributed by atoms with Gasteiger partial charge in [-0.2, -0.15) is 0 Å². The van der Waals surface area contributed by atoms with Crippen molar-refractivity contribution < 1.29 is 13.9 Å². The van der Waals surface area contributed by atoms with Gasteiger partial charge in [-0.3, -0.25) is 4.79 Å². The lowest BCUT2D eigenvalue weighted by Gasteiger charge is -2.13. The van der Waals surface area contributed by atoms with E-state index in [4.69, 9.17) is 20.8 Å². The fraction of sp³-hybridized carbons (Fsp3) is 0.0833. The van der Waals surface area contributed by atoms with Gasteiger partial charge in [0.2, 0.25) is 11.2 Å². The molecule has 0 saturated carbocycles. The van der Waals surface area contributed by atoms with Gasteiger partial charge in [-0.1, -0.05) is 48.0 Å². The molecule has 0 aliphatic rings. The third kappa shape index (κ3) is 3.55. The molecule has 0 N–H and O–H groups in total. The predicted octanol–water partition coefficient (Wildman–Crippen LogP) is 5.95. The van der Waals surface area contributed by atoms with E-state index >= 15 is 0 Å². The molecule has 0 aliphatic carbocycles. The fourth-order valence-corrected chi connectivity index (χ4v) is 3.54. The lowest BCUT2D eigenvalue weighted by atomic mass is 10.0. The van der Waals surface area contributed by atoms with Crippen LogP contribution in [0.4, 0.5) is 0 Å². The van der Waals surface area contributed by atoms with Crippen LogP contribution in [0.1, 0.15) is 21.5 Å². The zero-order valence-corrected chi connectivity index (χ0v) is 16.6. The van der Waals surface area contributed by atoms with Crippen LogP contribution in [0.5, 0.6) is 5.75 Å². The maximum atomic E-state index is 13.4. The van der Waals surface area contributed by atoms with E-state index in [-0.39, 0.29) is 11.5 Å². The van der Waals surface area contributed by atoms with Crippen molar-refractivity contribution >= 4 is 28.5 Å². The number of hydrogen-bond acceptors (Lipinski definition) is 4. The van der Waals surface area contributed by atoms with Crippen LogP contribution in [0.25, 0.3) is 22.3 Å². The highest BCUT2D eigenvalue weighted by molar-refractivity contribution is 6.33. The molecule has 4 aromatic rings. The quantitative estimate of drug-likeness (QED) is 0.396. The summed E-state index contributed by atoms with van der Waals surface area (Å²) >= 11 is 6.35. The van der Waals surface area contributed by atoms with E-state index in [9.17, 15) is 9.59 Å². The van der Waals surface area contributed by atoms with Gasteiger partial charge in [0.05, 0.1) is 16.0 Å². The van der Waals surface area contributed by atoms with Crippen molar-refractivity contribution in [3.8, 4) is 17.1 Å². The molecule has 29 heavy (non-hydrogen) atoms. The molecule has 0 saturated heterocycles. The third-order valence-electron chi connectivity index (χ3n) is 4.62. The van der Waals surface area contributed by atoms with E-state index in [0.717, 1.165) is 11.1 Å². The normalized spacial score (nSPS) is 10.9. The summed E-state index contributed by atoms with van der Waals surface area (Å²) in [6.45, 7) is 3.75. The number of fused-ring (bicyclic) bond motifs is 1. The highest BCUT2D eigenvalue weighted by Gasteiger charge is 2.23. The summed E-state index contributed by atoms with van der Waals surface area (Å²) in [4.78, 5) is 26.0. The molecule has 0 fully saturated rings. The minimum absolute atomic E-state index is 0.127. The Bertz CT molecular complexity index is 1290. The van der Waals surface area contributed by atoms with Crippen molar-refractivity contribution in [1.29, 1.82) is 0 Å². The molecule has 144 valence electrons. The summed E-state index contributed by atoms with van der Waals surface area (Å²) in [5.41, 5.74) is 2.51. The molecule has 1 heterocycles. The van der Waals surface area contributed by atoms with Gasteiger partial charge in [-0.05, 0) is 55.3 Å². The van der Waals surface area contributed by atoms with Gasteiger partial charge in [0.25, 0.3) is 0 Å². The minimum atomic E-state index is -0.643. The monoisotopic (exact) mass is 404 g/mol. The van der Waals surface area contributed by atoms with Crippen molar-refractivity contribution in [2.75, 3.05) is 0 Å². The Balaban J connectivity index is 1.99. The van der Waals surface area contributed by atoms with Crippen LogP contribution in [0, 0.1) is 13.8 Å². The van der Waals surface area contributed by atoms with E-state index in [0.29, 0.717) is 27.1 Å². The lowest BCUT2D eigenvalue weighted by Crippen LogP contribution is -2.17. The molecule has 0 aliphatic heterocycles. The largest absolute Gasteiger partial charge is 0.452 e. The van der Waals surface area contributed by atoms with Crippen molar-refractivity contribution in [2.45, 2.75) is 13.8 Å². The van der Waals surface area contributed by atoms with Crippen LogP contribution in [-0.4, -0.2) is 5.97 Å². The van der Waals surface area contributed by atoms with Crippen molar-refractivity contribution in [2.24, 2.45) is 0 Å². The Labute approximate surface area is 172 Å². The van der Waals surface area contributed by atoms with Crippen molar-refractivity contribution in [3.05, 3.63) is 98.7 Å². The molecule has 0 spiro atoms. The molecule has 5 heteroatoms. The zero-order valence-electron chi connectivity index (χ0n) is 15.9. The lowest BCUT2D eigenvalue weighted by molar-refractivity contribution is 0.0731.